The van der Waals surface area contributed by atoms with Crippen LogP contribution in [0.5, 0.6) is 0 Å². The van der Waals surface area contributed by atoms with Crippen LogP contribution in [0.25, 0.3) is 10.9 Å². The third-order valence-electron chi connectivity index (χ3n) is 3.34. The van der Waals surface area contributed by atoms with Crippen molar-refractivity contribution in [2.75, 3.05) is 18.9 Å². The number of hydrogen-bond donors (Lipinski definition) is 1. The Morgan fingerprint density at radius 2 is 2.26 bits per heavy atom. The zero-order chi connectivity index (χ0) is 13.4. The second-order valence-corrected chi connectivity index (χ2v) is 5.07. The number of fused-ring (bicyclic) bond motifs is 1. The minimum atomic E-state index is -0.209. The van der Waals surface area contributed by atoms with E-state index < -0.39 is 0 Å². The third kappa shape index (κ3) is 2.21. The number of likely N-dealkylation sites (tertiary alicyclic amines) is 1. The first-order valence-corrected chi connectivity index (χ1v) is 6.45. The van der Waals surface area contributed by atoms with Gasteiger partial charge in [0.05, 0.1) is 5.52 Å². The molecule has 1 unspecified atom stereocenters. The minimum Gasteiger partial charge on any atom is -0.358 e. The molecular formula is C13H13ClN4O. The average Bonchev–Trinajstić information content (AvgIpc) is 2.71. The molecule has 2 aromatic rings. The van der Waals surface area contributed by atoms with E-state index in [0.29, 0.717) is 10.8 Å². The number of nitrogens with one attached hydrogen (secondary N) is 1. The van der Waals surface area contributed by atoms with Crippen molar-refractivity contribution in [3.05, 3.63) is 29.5 Å². The Morgan fingerprint density at radius 1 is 1.42 bits per heavy atom. The van der Waals surface area contributed by atoms with Crippen LogP contribution in [-0.2, 0) is 4.79 Å². The van der Waals surface area contributed by atoms with Crippen LogP contribution in [-0.4, -0.2) is 40.4 Å². The largest absolute Gasteiger partial charge is 0.358 e. The number of rotatable bonds is 2. The van der Waals surface area contributed by atoms with Crippen molar-refractivity contribution < 1.29 is 4.79 Å². The van der Waals surface area contributed by atoms with Crippen molar-refractivity contribution in [1.29, 1.82) is 0 Å². The van der Waals surface area contributed by atoms with E-state index in [9.17, 15) is 4.79 Å². The van der Waals surface area contributed by atoms with Crippen molar-refractivity contribution in [1.82, 2.24) is 14.9 Å². The van der Waals surface area contributed by atoms with Crippen LogP contribution in [0, 0.1) is 0 Å². The molecule has 19 heavy (non-hydrogen) atoms. The number of carbonyl (C=O) groups excluding carboxylic acids is 1. The molecule has 0 saturated carbocycles. The van der Waals surface area contributed by atoms with Crippen molar-refractivity contribution in [3.63, 3.8) is 0 Å². The summed E-state index contributed by atoms with van der Waals surface area (Å²) in [6.45, 7) is 0.769. The number of likely N-dealkylation sites (N-methyl/N-ethyl adjacent to an activating group) is 1. The van der Waals surface area contributed by atoms with Gasteiger partial charge in [-0.25, -0.2) is 9.97 Å². The molecule has 0 radical (unpaired) electrons. The molecule has 2 heterocycles. The maximum atomic E-state index is 11.9. The molecule has 0 aliphatic carbocycles. The van der Waals surface area contributed by atoms with Gasteiger partial charge < -0.3 is 10.2 Å². The van der Waals surface area contributed by atoms with Crippen molar-refractivity contribution in [2.24, 2.45) is 0 Å². The monoisotopic (exact) mass is 276 g/mol. The van der Waals surface area contributed by atoms with Crippen LogP contribution in [0.4, 0.5) is 5.82 Å². The highest BCUT2D eigenvalue weighted by Crippen LogP contribution is 2.24. The standard InChI is InChI=1S/C13H13ClN4O/c1-18-5-4-10(13(18)19)17-12-9-3-2-8(14)6-11(9)15-7-16-12/h2-3,6-7,10H,4-5H2,1H3,(H,15,16,17). The Hall–Kier alpha value is -1.88. The predicted octanol–water partition coefficient (Wildman–Crippen LogP) is 1.93. The van der Waals surface area contributed by atoms with E-state index in [1.165, 1.54) is 6.33 Å². The molecule has 1 N–H and O–H groups in total. The molecule has 5 nitrogen and oxygen atoms in total. The Bertz CT molecular complexity index is 646. The van der Waals surface area contributed by atoms with E-state index in [4.69, 9.17) is 11.6 Å². The summed E-state index contributed by atoms with van der Waals surface area (Å²) in [7, 11) is 1.81. The Balaban J connectivity index is 1.95. The van der Waals surface area contributed by atoms with E-state index in [0.717, 1.165) is 23.9 Å². The lowest BCUT2D eigenvalue weighted by atomic mass is 10.2. The van der Waals surface area contributed by atoms with Crippen molar-refractivity contribution >= 4 is 34.2 Å². The molecule has 1 amide bonds. The normalized spacial score (nSPS) is 19.2. The van der Waals surface area contributed by atoms with Gasteiger partial charge in [-0.2, -0.15) is 0 Å². The number of halogens is 1. The van der Waals surface area contributed by atoms with Crippen LogP contribution in [0.3, 0.4) is 0 Å². The molecule has 1 aliphatic heterocycles. The van der Waals surface area contributed by atoms with E-state index >= 15 is 0 Å². The highest BCUT2D eigenvalue weighted by atomic mass is 35.5. The molecule has 1 aromatic heterocycles. The molecule has 1 fully saturated rings. The SMILES string of the molecule is CN1CCC(Nc2ncnc3cc(Cl)ccc23)C1=O. The lowest BCUT2D eigenvalue weighted by Gasteiger charge is -2.14. The second-order valence-electron chi connectivity index (χ2n) is 4.63. The summed E-state index contributed by atoms with van der Waals surface area (Å²) in [6.07, 6.45) is 2.26. The number of hydrogen-bond acceptors (Lipinski definition) is 4. The summed E-state index contributed by atoms with van der Waals surface area (Å²) in [5, 5.41) is 4.70. The molecular weight excluding hydrogens is 264 g/mol. The van der Waals surface area contributed by atoms with E-state index in [-0.39, 0.29) is 11.9 Å². The summed E-state index contributed by atoms with van der Waals surface area (Å²) in [5.41, 5.74) is 0.767. The number of anilines is 1. The van der Waals surface area contributed by atoms with Gasteiger partial charge >= 0.3 is 0 Å². The molecule has 1 saturated heterocycles. The van der Waals surface area contributed by atoms with Gasteiger partial charge in [-0.3, -0.25) is 4.79 Å². The highest BCUT2D eigenvalue weighted by molar-refractivity contribution is 6.31. The third-order valence-corrected chi connectivity index (χ3v) is 3.57. The van der Waals surface area contributed by atoms with Crippen LogP contribution in [0.2, 0.25) is 5.02 Å². The van der Waals surface area contributed by atoms with Gasteiger partial charge in [0.15, 0.2) is 0 Å². The first-order valence-electron chi connectivity index (χ1n) is 6.07. The molecule has 3 rings (SSSR count). The Morgan fingerprint density at radius 3 is 3.00 bits per heavy atom. The van der Waals surface area contributed by atoms with Crippen LogP contribution < -0.4 is 5.32 Å². The van der Waals surface area contributed by atoms with Gasteiger partial charge in [0, 0.05) is 24.0 Å². The summed E-state index contributed by atoms with van der Waals surface area (Å²) in [4.78, 5) is 22.0. The van der Waals surface area contributed by atoms with Crippen LogP contribution in [0.15, 0.2) is 24.5 Å². The zero-order valence-electron chi connectivity index (χ0n) is 10.4. The van der Waals surface area contributed by atoms with Crippen LogP contribution in [0.1, 0.15) is 6.42 Å². The van der Waals surface area contributed by atoms with Gasteiger partial charge in [0.1, 0.15) is 18.2 Å². The Kier molecular flexibility index (Phi) is 2.98. The average molecular weight is 277 g/mol. The zero-order valence-corrected chi connectivity index (χ0v) is 11.2. The molecule has 0 spiro atoms. The fourth-order valence-electron chi connectivity index (χ4n) is 2.27. The van der Waals surface area contributed by atoms with Crippen LogP contribution >= 0.6 is 11.6 Å². The smallest absolute Gasteiger partial charge is 0.244 e. The molecule has 0 bridgehead atoms. The van der Waals surface area contributed by atoms with Gasteiger partial charge in [-0.1, -0.05) is 11.6 Å². The molecule has 1 aromatic carbocycles. The summed E-state index contributed by atoms with van der Waals surface area (Å²) in [6, 6.07) is 5.23. The summed E-state index contributed by atoms with van der Waals surface area (Å²) in [5.74, 6) is 0.774. The topological polar surface area (TPSA) is 58.1 Å². The van der Waals surface area contributed by atoms with Gasteiger partial charge in [0.25, 0.3) is 0 Å². The lowest BCUT2D eigenvalue weighted by Crippen LogP contribution is -2.31. The number of carbonyl (C=O) groups is 1. The van der Waals surface area contributed by atoms with Gasteiger partial charge in [-0.05, 0) is 24.6 Å². The van der Waals surface area contributed by atoms with E-state index in [1.807, 2.05) is 13.1 Å². The van der Waals surface area contributed by atoms with Gasteiger partial charge in [0.2, 0.25) is 5.91 Å². The number of benzene rings is 1. The van der Waals surface area contributed by atoms with Crippen molar-refractivity contribution in [2.45, 2.75) is 12.5 Å². The highest BCUT2D eigenvalue weighted by Gasteiger charge is 2.29. The first kappa shape index (κ1) is 12.2. The fraction of sp³-hybridized carbons (Fsp3) is 0.308. The van der Waals surface area contributed by atoms with E-state index in [1.54, 1.807) is 17.0 Å². The summed E-state index contributed by atoms with van der Waals surface area (Å²) < 4.78 is 0. The van der Waals surface area contributed by atoms with E-state index in [2.05, 4.69) is 15.3 Å². The first-order chi connectivity index (χ1) is 9.15. The lowest BCUT2D eigenvalue weighted by molar-refractivity contribution is -0.127. The molecule has 1 aliphatic rings. The minimum absolute atomic E-state index is 0.0979. The van der Waals surface area contributed by atoms with Crippen molar-refractivity contribution in [3.8, 4) is 0 Å². The molecule has 6 heteroatoms. The number of nitrogens with zero attached hydrogens (tertiary/aromatic N) is 3. The fourth-order valence-corrected chi connectivity index (χ4v) is 2.43. The molecule has 98 valence electrons. The maximum Gasteiger partial charge on any atom is 0.244 e. The number of aromatic nitrogens is 2. The van der Waals surface area contributed by atoms with Gasteiger partial charge in [-0.15, -0.1) is 0 Å². The number of amides is 1. The predicted molar refractivity (Wildman–Crippen MR) is 74.2 cm³/mol. The maximum absolute atomic E-state index is 11.9. The quantitative estimate of drug-likeness (QED) is 0.910. The Labute approximate surface area is 115 Å². The summed E-state index contributed by atoms with van der Waals surface area (Å²) >= 11 is 5.94. The second kappa shape index (κ2) is 4.66. The molecule has 1 atom stereocenters.